The number of hydrogen-bond donors (Lipinski definition) is 3. The van der Waals surface area contributed by atoms with Crippen LogP contribution in [0.4, 0.5) is 5.95 Å². The molecule has 0 amide bonds. The molecule has 1 aliphatic carbocycles. The zero-order valence-electron chi connectivity index (χ0n) is 10.8. The van der Waals surface area contributed by atoms with Gasteiger partial charge in [0.05, 0.1) is 0 Å². The van der Waals surface area contributed by atoms with E-state index >= 15 is 0 Å². The summed E-state index contributed by atoms with van der Waals surface area (Å²) in [4.78, 5) is 11.9. The molecule has 0 spiro atoms. The summed E-state index contributed by atoms with van der Waals surface area (Å²) in [5.74, 6) is 0.704. The molecule has 5 heteroatoms. The van der Waals surface area contributed by atoms with Gasteiger partial charge in [-0.3, -0.25) is 0 Å². The van der Waals surface area contributed by atoms with Crippen molar-refractivity contribution in [2.24, 2.45) is 5.73 Å². The number of H-pyrrole nitrogens is 1. The standard InChI is InChI=1S/C14H19N5/c15-11-3-5-12(6-4-11)19-14-17-8-10(9-18-14)13-2-1-7-16-13/h1-2,7-9,11-12,16H,3-6,15H2,(H,17,18,19). The fourth-order valence-corrected chi connectivity index (χ4v) is 2.50. The van der Waals surface area contributed by atoms with Crippen LogP contribution in [-0.4, -0.2) is 27.0 Å². The highest BCUT2D eigenvalue weighted by molar-refractivity contribution is 5.57. The molecule has 2 aromatic rings. The molecule has 5 nitrogen and oxygen atoms in total. The van der Waals surface area contributed by atoms with E-state index < -0.39 is 0 Å². The van der Waals surface area contributed by atoms with Crippen molar-refractivity contribution in [3.05, 3.63) is 30.7 Å². The van der Waals surface area contributed by atoms with Crippen molar-refractivity contribution >= 4 is 5.95 Å². The normalized spacial score (nSPS) is 23.2. The Morgan fingerprint density at radius 3 is 2.53 bits per heavy atom. The number of nitrogens with one attached hydrogen (secondary N) is 2. The second-order valence-electron chi connectivity index (χ2n) is 5.14. The number of aromatic amines is 1. The SMILES string of the molecule is NC1CCC(Nc2ncc(-c3ccc[nH]3)cn2)CC1. The molecule has 19 heavy (non-hydrogen) atoms. The van der Waals surface area contributed by atoms with Crippen molar-refractivity contribution in [2.45, 2.75) is 37.8 Å². The van der Waals surface area contributed by atoms with Crippen molar-refractivity contribution in [1.29, 1.82) is 0 Å². The molecular formula is C14H19N5. The molecule has 0 unspecified atom stereocenters. The van der Waals surface area contributed by atoms with Gasteiger partial charge in [0.2, 0.25) is 5.95 Å². The lowest BCUT2D eigenvalue weighted by Crippen LogP contribution is -2.33. The van der Waals surface area contributed by atoms with E-state index in [0.29, 0.717) is 18.0 Å². The van der Waals surface area contributed by atoms with Gasteiger partial charge in [0.1, 0.15) is 0 Å². The largest absolute Gasteiger partial charge is 0.361 e. The third kappa shape index (κ3) is 2.93. The van der Waals surface area contributed by atoms with Crippen LogP contribution >= 0.6 is 0 Å². The molecule has 3 rings (SSSR count). The topological polar surface area (TPSA) is 79.6 Å². The van der Waals surface area contributed by atoms with Crippen LogP contribution in [0.5, 0.6) is 0 Å². The molecule has 2 aromatic heterocycles. The molecule has 0 bridgehead atoms. The van der Waals surface area contributed by atoms with Crippen LogP contribution in [0.3, 0.4) is 0 Å². The van der Waals surface area contributed by atoms with Gasteiger partial charge in [-0.2, -0.15) is 0 Å². The fraction of sp³-hybridized carbons (Fsp3) is 0.429. The third-order valence-electron chi connectivity index (χ3n) is 3.67. The van der Waals surface area contributed by atoms with E-state index in [1.165, 1.54) is 0 Å². The number of hydrogen-bond acceptors (Lipinski definition) is 4. The molecule has 0 aromatic carbocycles. The van der Waals surface area contributed by atoms with Crippen molar-refractivity contribution < 1.29 is 0 Å². The number of aromatic nitrogens is 3. The average Bonchev–Trinajstić information content (AvgIpc) is 2.96. The molecule has 0 atom stereocenters. The summed E-state index contributed by atoms with van der Waals surface area (Å²) in [7, 11) is 0. The van der Waals surface area contributed by atoms with E-state index in [1.54, 1.807) is 0 Å². The summed E-state index contributed by atoms with van der Waals surface area (Å²) in [5, 5.41) is 3.39. The van der Waals surface area contributed by atoms with Crippen molar-refractivity contribution in [1.82, 2.24) is 15.0 Å². The molecular weight excluding hydrogens is 238 g/mol. The van der Waals surface area contributed by atoms with Crippen LogP contribution < -0.4 is 11.1 Å². The minimum absolute atomic E-state index is 0.370. The second kappa shape index (κ2) is 5.40. The molecule has 0 saturated heterocycles. The molecule has 100 valence electrons. The van der Waals surface area contributed by atoms with Crippen LogP contribution in [-0.2, 0) is 0 Å². The van der Waals surface area contributed by atoms with Crippen LogP contribution in [0.15, 0.2) is 30.7 Å². The average molecular weight is 257 g/mol. The van der Waals surface area contributed by atoms with Gasteiger partial charge in [-0.05, 0) is 37.8 Å². The maximum absolute atomic E-state index is 5.90. The van der Waals surface area contributed by atoms with E-state index in [0.717, 1.165) is 36.9 Å². The van der Waals surface area contributed by atoms with Crippen molar-refractivity contribution in [3.63, 3.8) is 0 Å². The Labute approximate surface area is 112 Å². The highest BCUT2D eigenvalue weighted by Gasteiger charge is 2.18. The smallest absolute Gasteiger partial charge is 0.222 e. The van der Waals surface area contributed by atoms with Gasteiger partial charge in [0.15, 0.2) is 0 Å². The lowest BCUT2D eigenvalue weighted by Gasteiger charge is -2.26. The van der Waals surface area contributed by atoms with Crippen LogP contribution in [0, 0.1) is 0 Å². The zero-order valence-corrected chi connectivity index (χ0v) is 10.8. The van der Waals surface area contributed by atoms with Gasteiger partial charge >= 0.3 is 0 Å². The maximum Gasteiger partial charge on any atom is 0.222 e. The molecule has 0 radical (unpaired) electrons. The Morgan fingerprint density at radius 1 is 1.16 bits per heavy atom. The number of anilines is 1. The van der Waals surface area contributed by atoms with Crippen LogP contribution in [0.25, 0.3) is 11.3 Å². The number of rotatable bonds is 3. The Hall–Kier alpha value is -1.88. The van der Waals surface area contributed by atoms with E-state index in [4.69, 9.17) is 5.73 Å². The van der Waals surface area contributed by atoms with E-state index in [9.17, 15) is 0 Å². The quantitative estimate of drug-likeness (QED) is 0.787. The Kier molecular flexibility index (Phi) is 3.46. The summed E-state index contributed by atoms with van der Waals surface area (Å²) >= 11 is 0. The predicted octanol–water partition coefficient (Wildman–Crippen LogP) is 2.15. The van der Waals surface area contributed by atoms with Gasteiger partial charge in [-0.25, -0.2) is 9.97 Å². The first-order chi connectivity index (χ1) is 9.31. The molecule has 2 heterocycles. The first-order valence-electron chi connectivity index (χ1n) is 6.79. The molecule has 1 aliphatic rings. The van der Waals surface area contributed by atoms with Gasteiger partial charge in [0.25, 0.3) is 0 Å². The van der Waals surface area contributed by atoms with E-state index in [-0.39, 0.29) is 0 Å². The third-order valence-corrected chi connectivity index (χ3v) is 3.67. The Morgan fingerprint density at radius 2 is 1.89 bits per heavy atom. The van der Waals surface area contributed by atoms with Gasteiger partial charge in [-0.1, -0.05) is 0 Å². The van der Waals surface area contributed by atoms with Gasteiger partial charge in [-0.15, -0.1) is 0 Å². The monoisotopic (exact) mass is 257 g/mol. The number of nitrogens with zero attached hydrogens (tertiary/aromatic N) is 2. The molecule has 1 saturated carbocycles. The zero-order chi connectivity index (χ0) is 13.1. The Bertz CT molecular complexity index is 497. The first kappa shape index (κ1) is 12.2. The predicted molar refractivity (Wildman–Crippen MR) is 75.7 cm³/mol. The fourth-order valence-electron chi connectivity index (χ4n) is 2.50. The maximum atomic E-state index is 5.90. The summed E-state index contributed by atoms with van der Waals surface area (Å²) in [6.07, 6.45) is 9.94. The summed E-state index contributed by atoms with van der Waals surface area (Å²) in [6, 6.07) is 4.80. The lowest BCUT2D eigenvalue weighted by molar-refractivity contribution is 0.410. The lowest BCUT2D eigenvalue weighted by atomic mass is 9.92. The molecule has 1 fully saturated rings. The van der Waals surface area contributed by atoms with Crippen molar-refractivity contribution in [2.75, 3.05) is 5.32 Å². The minimum Gasteiger partial charge on any atom is -0.361 e. The Balaban J connectivity index is 1.63. The van der Waals surface area contributed by atoms with E-state index in [2.05, 4.69) is 20.3 Å². The highest BCUT2D eigenvalue weighted by Crippen LogP contribution is 2.20. The van der Waals surface area contributed by atoms with Crippen molar-refractivity contribution in [3.8, 4) is 11.3 Å². The number of nitrogens with two attached hydrogens (primary N) is 1. The second-order valence-corrected chi connectivity index (χ2v) is 5.14. The summed E-state index contributed by atoms with van der Waals surface area (Å²) in [6.45, 7) is 0. The first-order valence-corrected chi connectivity index (χ1v) is 6.79. The molecule has 4 N–H and O–H groups in total. The van der Waals surface area contributed by atoms with Gasteiger partial charge < -0.3 is 16.0 Å². The van der Waals surface area contributed by atoms with Crippen LogP contribution in [0.1, 0.15) is 25.7 Å². The highest BCUT2D eigenvalue weighted by atomic mass is 15.1. The van der Waals surface area contributed by atoms with E-state index in [1.807, 2.05) is 30.7 Å². The minimum atomic E-state index is 0.370. The molecule has 0 aliphatic heterocycles. The summed E-state index contributed by atoms with van der Waals surface area (Å²) in [5.41, 5.74) is 7.94. The van der Waals surface area contributed by atoms with Crippen LogP contribution in [0.2, 0.25) is 0 Å². The van der Waals surface area contributed by atoms with Gasteiger partial charge in [0, 0.05) is 41.9 Å². The summed E-state index contributed by atoms with van der Waals surface area (Å²) < 4.78 is 0.